The van der Waals surface area contributed by atoms with Crippen molar-refractivity contribution in [3.8, 4) is 0 Å². The highest BCUT2D eigenvalue weighted by Gasteiger charge is 2.14. The first-order valence-corrected chi connectivity index (χ1v) is 8.54. The second-order valence-electron chi connectivity index (χ2n) is 8.16. The van der Waals surface area contributed by atoms with Crippen molar-refractivity contribution in [1.29, 1.82) is 0 Å². The smallest absolute Gasteiger partial charge is 0.332 e. The lowest BCUT2D eigenvalue weighted by molar-refractivity contribution is -0.152. The molecule has 0 aromatic rings. The van der Waals surface area contributed by atoms with Gasteiger partial charge in [-0.2, -0.15) is 0 Å². The van der Waals surface area contributed by atoms with Gasteiger partial charge in [-0.15, -0.1) is 0 Å². The standard InChI is InChI=1S/C18H34O7/c1-17(2,3)13-24-15(19)11-22-9-7-21-8-10-23-12-16(20)25-14-18(4,5)6/h7-14H2,1-6H3. The fraction of sp³-hybridized carbons (Fsp3) is 0.889. The largest absolute Gasteiger partial charge is 0.463 e. The molecular weight excluding hydrogens is 328 g/mol. The molecule has 0 saturated carbocycles. The van der Waals surface area contributed by atoms with Gasteiger partial charge < -0.3 is 23.7 Å². The van der Waals surface area contributed by atoms with Gasteiger partial charge in [-0.25, -0.2) is 9.59 Å². The van der Waals surface area contributed by atoms with Crippen LogP contribution in [0.15, 0.2) is 0 Å². The number of carbonyl (C=O) groups excluding carboxylic acids is 2. The number of hydrogen-bond acceptors (Lipinski definition) is 7. The Bertz CT molecular complexity index is 344. The number of rotatable bonds is 12. The lowest BCUT2D eigenvalue weighted by Gasteiger charge is -2.17. The van der Waals surface area contributed by atoms with Crippen LogP contribution in [0.5, 0.6) is 0 Å². The molecule has 0 aliphatic heterocycles. The summed E-state index contributed by atoms with van der Waals surface area (Å²) in [6, 6.07) is 0. The SMILES string of the molecule is CC(C)(C)COC(=O)COCCOCCOCC(=O)OCC(C)(C)C. The van der Waals surface area contributed by atoms with Gasteiger partial charge in [0.1, 0.15) is 13.2 Å². The molecule has 0 rings (SSSR count). The maximum atomic E-state index is 11.4. The van der Waals surface area contributed by atoms with Crippen LogP contribution in [0.3, 0.4) is 0 Å². The zero-order valence-corrected chi connectivity index (χ0v) is 16.5. The minimum Gasteiger partial charge on any atom is -0.463 e. The third-order valence-corrected chi connectivity index (χ3v) is 2.52. The van der Waals surface area contributed by atoms with E-state index in [4.69, 9.17) is 23.7 Å². The van der Waals surface area contributed by atoms with Gasteiger partial charge in [-0.05, 0) is 10.8 Å². The Morgan fingerprint density at radius 2 is 0.920 bits per heavy atom. The Kier molecular flexibility index (Phi) is 11.6. The minimum absolute atomic E-state index is 0.0576. The van der Waals surface area contributed by atoms with E-state index in [1.807, 2.05) is 41.5 Å². The molecule has 0 saturated heterocycles. The quantitative estimate of drug-likeness (QED) is 0.389. The van der Waals surface area contributed by atoms with Gasteiger partial charge in [0.15, 0.2) is 0 Å². The van der Waals surface area contributed by atoms with E-state index in [0.29, 0.717) is 26.4 Å². The van der Waals surface area contributed by atoms with Crippen molar-refractivity contribution in [3.63, 3.8) is 0 Å². The van der Waals surface area contributed by atoms with Crippen molar-refractivity contribution in [1.82, 2.24) is 0 Å². The van der Waals surface area contributed by atoms with Gasteiger partial charge >= 0.3 is 11.9 Å². The average Bonchev–Trinajstić information content (AvgIpc) is 2.48. The third kappa shape index (κ3) is 19.0. The van der Waals surface area contributed by atoms with Crippen LogP contribution in [-0.4, -0.2) is 64.8 Å². The fourth-order valence-corrected chi connectivity index (χ4v) is 1.33. The zero-order chi connectivity index (χ0) is 19.3. The fourth-order valence-electron chi connectivity index (χ4n) is 1.33. The lowest BCUT2D eigenvalue weighted by Crippen LogP contribution is -2.22. The van der Waals surface area contributed by atoms with Gasteiger partial charge in [0.05, 0.1) is 39.6 Å². The molecule has 0 fully saturated rings. The highest BCUT2D eigenvalue weighted by Crippen LogP contribution is 2.13. The molecule has 0 aliphatic carbocycles. The molecule has 0 radical (unpaired) electrons. The van der Waals surface area contributed by atoms with Gasteiger partial charge in [0.2, 0.25) is 0 Å². The van der Waals surface area contributed by atoms with Crippen LogP contribution in [-0.2, 0) is 33.3 Å². The number of ether oxygens (including phenoxy) is 5. The van der Waals surface area contributed by atoms with E-state index in [2.05, 4.69) is 0 Å². The number of hydrogen-bond donors (Lipinski definition) is 0. The first kappa shape index (κ1) is 23.8. The molecule has 0 unspecified atom stereocenters. The van der Waals surface area contributed by atoms with Crippen LogP contribution in [0.1, 0.15) is 41.5 Å². The van der Waals surface area contributed by atoms with Gasteiger partial charge in [0, 0.05) is 0 Å². The Balaban J connectivity index is 3.39. The van der Waals surface area contributed by atoms with Crippen molar-refractivity contribution >= 4 is 11.9 Å². The monoisotopic (exact) mass is 362 g/mol. The van der Waals surface area contributed by atoms with Crippen molar-refractivity contribution in [3.05, 3.63) is 0 Å². The molecule has 7 heteroatoms. The normalized spacial score (nSPS) is 12.1. The molecule has 0 amide bonds. The second kappa shape index (κ2) is 12.2. The summed E-state index contributed by atoms with van der Waals surface area (Å²) in [6.45, 7) is 13.7. The Morgan fingerprint density at radius 1 is 0.600 bits per heavy atom. The maximum Gasteiger partial charge on any atom is 0.332 e. The number of carbonyl (C=O) groups is 2. The van der Waals surface area contributed by atoms with Crippen LogP contribution < -0.4 is 0 Å². The molecule has 0 atom stereocenters. The van der Waals surface area contributed by atoms with Crippen molar-refractivity contribution < 1.29 is 33.3 Å². The van der Waals surface area contributed by atoms with Crippen molar-refractivity contribution in [2.45, 2.75) is 41.5 Å². The molecule has 7 nitrogen and oxygen atoms in total. The summed E-state index contributed by atoms with van der Waals surface area (Å²) in [5.74, 6) is -0.765. The predicted molar refractivity (Wildman–Crippen MR) is 93.3 cm³/mol. The van der Waals surface area contributed by atoms with E-state index < -0.39 is 0 Å². The summed E-state index contributed by atoms with van der Waals surface area (Å²) in [4.78, 5) is 22.8. The van der Waals surface area contributed by atoms with E-state index in [-0.39, 0.29) is 49.2 Å². The molecule has 25 heavy (non-hydrogen) atoms. The van der Waals surface area contributed by atoms with E-state index in [0.717, 1.165) is 0 Å². The summed E-state index contributed by atoms with van der Waals surface area (Å²) < 4.78 is 25.7. The molecule has 0 spiro atoms. The summed E-state index contributed by atoms with van der Waals surface area (Å²) in [5, 5.41) is 0. The second-order valence-corrected chi connectivity index (χ2v) is 8.16. The Morgan fingerprint density at radius 3 is 1.24 bits per heavy atom. The molecule has 0 heterocycles. The lowest BCUT2D eigenvalue weighted by atomic mass is 9.99. The Labute approximate surface area is 151 Å². The summed E-state index contributed by atoms with van der Waals surface area (Å²) in [5.41, 5.74) is -0.115. The van der Waals surface area contributed by atoms with Crippen LogP contribution in [0, 0.1) is 10.8 Å². The molecule has 0 bridgehead atoms. The van der Waals surface area contributed by atoms with Gasteiger partial charge in [0.25, 0.3) is 0 Å². The van der Waals surface area contributed by atoms with Crippen molar-refractivity contribution in [2.24, 2.45) is 10.8 Å². The molecule has 0 N–H and O–H groups in total. The van der Waals surface area contributed by atoms with Crippen LogP contribution in [0.4, 0.5) is 0 Å². The van der Waals surface area contributed by atoms with Gasteiger partial charge in [-0.1, -0.05) is 41.5 Å². The summed E-state index contributed by atoms with van der Waals surface area (Å²) in [6.07, 6.45) is 0. The van der Waals surface area contributed by atoms with Crippen molar-refractivity contribution in [2.75, 3.05) is 52.9 Å². The van der Waals surface area contributed by atoms with Crippen LogP contribution in [0.25, 0.3) is 0 Å². The van der Waals surface area contributed by atoms with E-state index in [1.165, 1.54) is 0 Å². The van der Waals surface area contributed by atoms with Crippen LogP contribution >= 0.6 is 0 Å². The highest BCUT2D eigenvalue weighted by atomic mass is 16.6. The first-order chi connectivity index (χ1) is 11.5. The number of esters is 2. The average molecular weight is 362 g/mol. The van der Waals surface area contributed by atoms with E-state index in [9.17, 15) is 9.59 Å². The highest BCUT2D eigenvalue weighted by molar-refractivity contribution is 5.71. The molecule has 0 aromatic heterocycles. The predicted octanol–water partition coefficient (Wildman–Crippen LogP) is 2.21. The minimum atomic E-state index is -0.382. The topological polar surface area (TPSA) is 80.3 Å². The molecular formula is C18H34O7. The Hall–Kier alpha value is -1.18. The molecule has 0 aromatic carbocycles. The molecule has 148 valence electrons. The van der Waals surface area contributed by atoms with E-state index >= 15 is 0 Å². The van der Waals surface area contributed by atoms with Gasteiger partial charge in [-0.3, -0.25) is 0 Å². The third-order valence-electron chi connectivity index (χ3n) is 2.52. The first-order valence-electron chi connectivity index (χ1n) is 8.54. The summed E-state index contributed by atoms with van der Waals surface area (Å²) >= 11 is 0. The van der Waals surface area contributed by atoms with Crippen LogP contribution in [0.2, 0.25) is 0 Å². The summed E-state index contributed by atoms with van der Waals surface area (Å²) in [7, 11) is 0. The zero-order valence-electron chi connectivity index (χ0n) is 16.5. The maximum absolute atomic E-state index is 11.4. The van der Waals surface area contributed by atoms with E-state index in [1.54, 1.807) is 0 Å². The molecule has 0 aliphatic rings.